The number of carbonyl (C=O) groups excluding carboxylic acids is 1. The maximum Gasteiger partial charge on any atom is 0.220 e. The highest BCUT2D eigenvalue weighted by molar-refractivity contribution is 5.76. The Morgan fingerprint density at radius 1 is 0.403 bits per heavy atom. The van der Waals surface area contributed by atoms with E-state index in [0.29, 0.717) is 6.42 Å². The predicted molar refractivity (Wildman–Crippen MR) is 276 cm³/mol. The predicted octanol–water partition coefficient (Wildman–Crippen LogP) is 17.6. The van der Waals surface area contributed by atoms with Crippen molar-refractivity contribution in [3.63, 3.8) is 0 Å². The summed E-state index contributed by atoms with van der Waals surface area (Å²) in [4.78, 5) is 12.5. The van der Waals surface area contributed by atoms with Crippen molar-refractivity contribution < 1.29 is 15.0 Å². The number of hydrogen-bond donors (Lipinski definition) is 3. The van der Waals surface area contributed by atoms with Crippen LogP contribution >= 0.6 is 0 Å². The van der Waals surface area contributed by atoms with E-state index < -0.39 is 12.1 Å². The van der Waals surface area contributed by atoms with Crippen molar-refractivity contribution in [2.24, 2.45) is 0 Å². The zero-order valence-corrected chi connectivity index (χ0v) is 41.1. The third-order valence-electron chi connectivity index (χ3n) is 11.9. The zero-order valence-electron chi connectivity index (χ0n) is 41.1. The van der Waals surface area contributed by atoms with Gasteiger partial charge >= 0.3 is 0 Å². The average molecular weight is 862 g/mol. The molecule has 0 rings (SSSR count). The van der Waals surface area contributed by atoms with E-state index in [-0.39, 0.29) is 12.5 Å². The van der Waals surface area contributed by atoms with Crippen LogP contribution in [-0.2, 0) is 4.79 Å². The molecule has 0 aromatic heterocycles. The number of nitrogens with one attached hydrogen (secondary N) is 1. The standard InChI is InChI=1S/C58H103NO3/c1-3-5-7-9-11-13-15-17-19-21-23-24-25-26-27-28-29-30-31-32-33-34-36-38-40-42-44-46-48-50-52-54-58(62)59-56(55-60)57(61)53-51-49-47-45-43-41-39-37-35-22-20-18-16-14-12-10-8-6-4-2/h5,7,11,13,17,19,23-24,26-27,43,45,51,53,56-57,60-61H,3-4,6,8-10,12,14-16,18,20-22,25,28-42,44,46-50,52,54-55H2,1-2H3,(H,59,62)/b7-5-,13-11-,19-17-,24-23-,27-26-,45-43+,53-51+. The van der Waals surface area contributed by atoms with Crippen molar-refractivity contribution in [1.82, 2.24) is 5.32 Å². The lowest BCUT2D eigenvalue weighted by Crippen LogP contribution is -2.45. The van der Waals surface area contributed by atoms with Gasteiger partial charge in [0.25, 0.3) is 0 Å². The minimum atomic E-state index is -0.866. The number of rotatable bonds is 48. The average Bonchev–Trinajstić information content (AvgIpc) is 3.28. The van der Waals surface area contributed by atoms with Gasteiger partial charge in [-0.2, -0.15) is 0 Å². The van der Waals surface area contributed by atoms with Crippen molar-refractivity contribution in [2.75, 3.05) is 6.61 Å². The maximum absolute atomic E-state index is 12.5. The normalized spacial score (nSPS) is 13.5. The molecule has 4 nitrogen and oxygen atoms in total. The largest absolute Gasteiger partial charge is 0.394 e. The fraction of sp³-hybridized carbons (Fsp3) is 0.741. The van der Waals surface area contributed by atoms with Gasteiger partial charge in [-0.15, -0.1) is 0 Å². The Labute approximate surface area is 386 Å². The molecular formula is C58H103NO3. The first-order chi connectivity index (χ1) is 30.7. The summed E-state index contributed by atoms with van der Waals surface area (Å²) in [7, 11) is 0. The van der Waals surface area contributed by atoms with E-state index in [2.05, 4.69) is 92.1 Å². The van der Waals surface area contributed by atoms with Gasteiger partial charge in [0, 0.05) is 6.42 Å². The van der Waals surface area contributed by atoms with Gasteiger partial charge in [0.1, 0.15) is 0 Å². The third-order valence-corrected chi connectivity index (χ3v) is 11.9. The van der Waals surface area contributed by atoms with Crippen LogP contribution in [0.25, 0.3) is 0 Å². The van der Waals surface area contributed by atoms with Crippen molar-refractivity contribution in [1.29, 1.82) is 0 Å². The monoisotopic (exact) mass is 862 g/mol. The first-order valence-electron chi connectivity index (χ1n) is 26.8. The fourth-order valence-electron chi connectivity index (χ4n) is 7.81. The summed E-state index contributed by atoms with van der Waals surface area (Å²) in [6.45, 7) is 4.19. The van der Waals surface area contributed by atoms with Gasteiger partial charge in [0.05, 0.1) is 18.8 Å². The molecule has 0 aliphatic carbocycles. The van der Waals surface area contributed by atoms with Crippen LogP contribution < -0.4 is 5.32 Å². The summed E-state index contributed by atoms with van der Waals surface area (Å²) < 4.78 is 0. The number of aliphatic hydroxyl groups excluding tert-OH is 2. The molecule has 2 unspecified atom stereocenters. The maximum atomic E-state index is 12.5. The van der Waals surface area contributed by atoms with E-state index in [4.69, 9.17) is 0 Å². The fourth-order valence-corrected chi connectivity index (χ4v) is 7.81. The SMILES string of the molecule is CC/C=C\C/C=C\C/C=C\C/C=C\C/C=C\CCCCCCCCCCCCCCCCCC(=O)NC(CO)C(O)/C=C/CC/C=C/CCCCCCCCCCCCCCC. The van der Waals surface area contributed by atoms with Gasteiger partial charge in [-0.1, -0.05) is 259 Å². The zero-order chi connectivity index (χ0) is 44.9. The molecule has 0 saturated carbocycles. The molecule has 358 valence electrons. The molecule has 0 bridgehead atoms. The first kappa shape index (κ1) is 59.6. The Balaban J connectivity index is 3.55. The van der Waals surface area contributed by atoms with Crippen molar-refractivity contribution in [3.05, 3.63) is 85.1 Å². The Morgan fingerprint density at radius 2 is 0.726 bits per heavy atom. The molecule has 0 heterocycles. The molecule has 1 amide bonds. The van der Waals surface area contributed by atoms with E-state index in [1.807, 2.05) is 6.08 Å². The van der Waals surface area contributed by atoms with Crippen LogP contribution in [0.3, 0.4) is 0 Å². The molecule has 0 aliphatic rings. The Morgan fingerprint density at radius 3 is 1.13 bits per heavy atom. The number of unbranched alkanes of at least 4 members (excludes halogenated alkanes) is 29. The molecule has 0 radical (unpaired) electrons. The Hall–Kier alpha value is -2.43. The summed E-state index contributed by atoms with van der Waals surface area (Å²) in [5.41, 5.74) is 0. The lowest BCUT2D eigenvalue weighted by molar-refractivity contribution is -0.123. The Kier molecular flexibility index (Phi) is 50.8. The molecule has 0 aromatic carbocycles. The van der Waals surface area contributed by atoms with Gasteiger partial charge in [0.15, 0.2) is 0 Å². The van der Waals surface area contributed by atoms with E-state index >= 15 is 0 Å². The molecule has 2 atom stereocenters. The second-order valence-corrected chi connectivity index (χ2v) is 17.9. The van der Waals surface area contributed by atoms with Crippen LogP contribution in [0.4, 0.5) is 0 Å². The van der Waals surface area contributed by atoms with Crippen LogP contribution in [0.5, 0.6) is 0 Å². The number of amides is 1. The van der Waals surface area contributed by atoms with Crippen LogP contribution in [0, 0.1) is 0 Å². The molecule has 0 aromatic rings. The topological polar surface area (TPSA) is 69.6 Å². The molecule has 0 saturated heterocycles. The van der Waals surface area contributed by atoms with Gasteiger partial charge in [-0.25, -0.2) is 0 Å². The number of hydrogen-bond acceptors (Lipinski definition) is 3. The highest BCUT2D eigenvalue weighted by Crippen LogP contribution is 2.16. The summed E-state index contributed by atoms with van der Waals surface area (Å²) >= 11 is 0. The van der Waals surface area contributed by atoms with Crippen molar-refractivity contribution >= 4 is 5.91 Å². The summed E-state index contributed by atoms with van der Waals surface area (Å²) in [5.74, 6) is -0.0751. The number of allylic oxidation sites excluding steroid dienone is 13. The Bertz CT molecular complexity index is 1110. The third kappa shape index (κ3) is 48.6. The van der Waals surface area contributed by atoms with E-state index in [0.717, 1.165) is 64.2 Å². The van der Waals surface area contributed by atoms with Gasteiger partial charge in [-0.05, 0) is 77.0 Å². The molecule has 4 heteroatoms. The molecule has 0 aliphatic heterocycles. The van der Waals surface area contributed by atoms with Crippen molar-refractivity contribution in [3.8, 4) is 0 Å². The van der Waals surface area contributed by atoms with E-state index in [1.54, 1.807) is 6.08 Å². The van der Waals surface area contributed by atoms with E-state index in [9.17, 15) is 15.0 Å². The van der Waals surface area contributed by atoms with E-state index in [1.165, 1.54) is 173 Å². The molecular weight excluding hydrogens is 759 g/mol. The summed E-state index contributed by atoms with van der Waals surface area (Å²) in [6.07, 6.45) is 77.3. The highest BCUT2D eigenvalue weighted by Gasteiger charge is 2.17. The van der Waals surface area contributed by atoms with Crippen LogP contribution in [0.15, 0.2) is 85.1 Å². The van der Waals surface area contributed by atoms with Gasteiger partial charge in [-0.3, -0.25) is 4.79 Å². The first-order valence-corrected chi connectivity index (χ1v) is 26.8. The lowest BCUT2D eigenvalue weighted by atomic mass is 10.0. The van der Waals surface area contributed by atoms with Gasteiger partial charge < -0.3 is 15.5 Å². The lowest BCUT2D eigenvalue weighted by Gasteiger charge is -2.19. The second kappa shape index (κ2) is 52.9. The molecule has 0 fully saturated rings. The quantitative estimate of drug-likeness (QED) is 0.0422. The molecule has 0 spiro atoms. The smallest absolute Gasteiger partial charge is 0.220 e. The van der Waals surface area contributed by atoms with Crippen LogP contribution in [0.2, 0.25) is 0 Å². The van der Waals surface area contributed by atoms with Crippen molar-refractivity contribution in [2.45, 2.75) is 270 Å². The highest BCUT2D eigenvalue weighted by atomic mass is 16.3. The second-order valence-electron chi connectivity index (χ2n) is 17.9. The minimum absolute atomic E-state index is 0.0751. The molecule has 3 N–H and O–H groups in total. The summed E-state index contributed by atoms with van der Waals surface area (Å²) in [6, 6.07) is -0.643. The molecule has 62 heavy (non-hydrogen) atoms. The van der Waals surface area contributed by atoms with Crippen LogP contribution in [-0.4, -0.2) is 34.9 Å². The minimum Gasteiger partial charge on any atom is -0.394 e. The van der Waals surface area contributed by atoms with Gasteiger partial charge in [0.2, 0.25) is 5.91 Å². The summed E-state index contributed by atoms with van der Waals surface area (Å²) in [5, 5.41) is 23.1. The van der Waals surface area contributed by atoms with Crippen LogP contribution in [0.1, 0.15) is 258 Å². The number of carbonyl (C=O) groups is 1. The number of aliphatic hydroxyl groups is 2.